The zero-order valence-corrected chi connectivity index (χ0v) is 32.3. The van der Waals surface area contributed by atoms with Crippen LogP contribution in [0.1, 0.15) is 162 Å². The molecule has 0 radical (unpaired) electrons. The van der Waals surface area contributed by atoms with Gasteiger partial charge < -0.3 is 0 Å². The van der Waals surface area contributed by atoms with Gasteiger partial charge in [-0.25, -0.2) is 8.42 Å². The SMILES string of the molecule is CCCCCC1CCC(c2ccc(Cc3ccccc3S(=O)(=O)c3ccccc3Cc3ccc(C4CCC(CCCCC)CC4)cc3)cc2)CC1. The highest BCUT2D eigenvalue weighted by atomic mass is 32.2. The second kappa shape index (κ2) is 18.5. The van der Waals surface area contributed by atoms with Crippen molar-refractivity contribution < 1.29 is 8.42 Å². The predicted octanol–water partition coefficient (Wildman–Crippen LogP) is 13.4. The van der Waals surface area contributed by atoms with Gasteiger partial charge in [-0.2, -0.15) is 0 Å². The number of sulfone groups is 1. The maximum atomic E-state index is 14.4. The molecule has 2 aliphatic carbocycles. The second-order valence-corrected chi connectivity index (χ2v) is 17.9. The van der Waals surface area contributed by atoms with E-state index in [0.29, 0.717) is 34.5 Å². The van der Waals surface area contributed by atoms with Gasteiger partial charge in [0.15, 0.2) is 0 Å². The van der Waals surface area contributed by atoms with Crippen molar-refractivity contribution >= 4 is 9.84 Å². The summed E-state index contributed by atoms with van der Waals surface area (Å²) in [7, 11) is -3.72. The molecule has 4 aromatic rings. The number of hydrogen-bond donors (Lipinski definition) is 0. The third-order valence-corrected chi connectivity index (χ3v) is 14.3. The Morgan fingerprint density at radius 2 is 0.843 bits per heavy atom. The Bertz CT molecular complexity index is 1610. The largest absolute Gasteiger partial charge is 0.218 e. The zero-order chi connectivity index (χ0) is 35.5. The van der Waals surface area contributed by atoms with E-state index in [1.165, 1.54) is 114 Å². The van der Waals surface area contributed by atoms with Gasteiger partial charge in [0.1, 0.15) is 0 Å². The van der Waals surface area contributed by atoms with Gasteiger partial charge >= 0.3 is 0 Å². The molecule has 51 heavy (non-hydrogen) atoms. The number of unbranched alkanes of at least 4 members (excludes halogenated alkanes) is 4. The quantitative estimate of drug-likeness (QED) is 0.109. The monoisotopic (exact) mass is 702 g/mol. The van der Waals surface area contributed by atoms with E-state index in [0.717, 1.165) is 34.1 Å². The fraction of sp³-hybridized carbons (Fsp3) is 0.500. The lowest BCUT2D eigenvalue weighted by Gasteiger charge is -2.29. The summed E-state index contributed by atoms with van der Waals surface area (Å²) in [5.41, 5.74) is 6.92. The van der Waals surface area contributed by atoms with Gasteiger partial charge in [-0.3, -0.25) is 0 Å². The molecule has 0 bridgehead atoms. The Morgan fingerprint density at radius 1 is 0.471 bits per heavy atom. The Hall–Kier alpha value is -3.17. The molecule has 2 fully saturated rings. The van der Waals surface area contributed by atoms with Gasteiger partial charge in [0.2, 0.25) is 9.84 Å². The topological polar surface area (TPSA) is 34.1 Å². The van der Waals surface area contributed by atoms with Crippen LogP contribution in [0.2, 0.25) is 0 Å². The summed E-state index contributed by atoms with van der Waals surface area (Å²) >= 11 is 0. The van der Waals surface area contributed by atoms with E-state index in [-0.39, 0.29) is 0 Å². The minimum absolute atomic E-state index is 0.420. The summed E-state index contributed by atoms with van der Waals surface area (Å²) in [5.74, 6) is 3.13. The zero-order valence-electron chi connectivity index (χ0n) is 31.5. The highest BCUT2D eigenvalue weighted by Crippen LogP contribution is 2.39. The van der Waals surface area contributed by atoms with Gasteiger partial charge in [-0.1, -0.05) is 150 Å². The molecule has 0 aliphatic heterocycles. The molecule has 0 amide bonds. The van der Waals surface area contributed by atoms with Gasteiger partial charge in [0, 0.05) is 0 Å². The van der Waals surface area contributed by atoms with Crippen LogP contribution in [0.25, 0.3) is 0 Å². The lowest BCUT2D eigenvalue weighted by molar-refractivity contribution is 0.303. The van der Waals surface area contributed by atoms with E-state index < -0.39 is 9.84 Å². The maximum Gasteiger partial charge on any atom is 0.207 e. The van der Waals surface area contributed by atoms with Crippen LogP contribution in [0, 0.1) is 11.8 Å². The first kappa shape index (κ1) is 37.6. The molecule has 0 atom stereocenters. The van der Waals surface area contributed by atoms with Gasteiger partial charge in [0.25, 0.3) is 0 Å². The first-order valence-electron chi connectivity index (χ1n) is 20.5. The van der Waals surface area contributed by atoms with Crippen molar-refractivity contribution in [2.75, 3.05) is 0 Å². The van der Waals surface area contributed by atoms with Crippen molar-refractivity contribution in [2.45, 2.75) is 151 Å². The molecule has 0 heterocycles. The van der Waals surface area contributed by atoms with Gasteiger partial charge in [0.05, 0.1) is 9.79 Å². The fourth-order valence-corrected chi connectivity index (χ4v) is 10.9. The maximum absolute atomic E-state index is 14.4. The van der Waals surface area contributed by atoms with E-state index in [2.05, 4.69) is 62.4 Å². The van der Waals surface area contributed by atoms with Crippen molar-refractivity contribution in [3.8, 4) is 0 Å². The normalized spacial score (nSPS) is 21.1. The van der Waals surface area contributed by atoms with Gasteiger partial charge in [-0.15, -0.1) is 0 Å². The molecule has 0 N–H and O–H groups in total. The molecule has 0 unspecified atom stereocenters. The molecule has 272 valence electrons. The first-order valence-corrected chi connectivity index (χ1v) is 22.0. The summed E-state index contributed by atoms with van der Waals surface area (Å²) in [6, 6.07) is 33.3. The smallest absolute Gasteiger partial charge is 0.207 e. The van der Waals surface area contributed by atoms with Crippen LogP contribution in [-0.4, -0.2) is 8.42 Å². The average Bonchev–Trinajstić information content (AvgIpc) is 3.17. The summed E-state index contributed by atoms with van der Waals surface area (Å²) in [4.78, 5) is 0.840. The summed E-state index contributed by atoms with van der Waals surface area (Å²) < 4.78 is 28.8. The van der Waals surface area contributed by atoms with Crippen molar-refractivity contribution in [1.82, 2.24) is 0 Å². The lowest BCUT2D eigenvalue weighted by Crippen LogP contribution is -2.13. The Kier molecular flexibility index (Phi) is 13.7. The van der Waals surface area contributed by atoms with Crippen LogP contribution in [-0.2, 0) is 22.7 Å². The Morgan fingerprint density at radius 3 is 1.22 bits per heavy atom. The Balaban J connectivity index is 1.10. The van der Waals surface area contributed by atoms with Crippen molar-refractivity contribution in [2.24, 2.45) is 11.8 Å². The summed E-state index contributed by atoms with van der Waals surface area (Å²) in [6.45, 7) is 4.58. The molecule has 0 aromatic heterocycles. The lowest BCUT2D eigenvalue weighted by atomic mass is 9.77. The number of benzene rings is 4. The predicted molar refractivity (Wildman–Crippen MR) is 215 cm³/mol. The van der Waals surface area contributed by atoms with E-state index in [4.69, 9.17) is 0 Å². The van der Waals surface area contributed by atoms with E-state index in [9.17, 15) is 8.42 Å². The molecule has 2 nitrogen and oxygen atoms in total. The van der Waals surface area contributed by atoms with Gasteiger partial charge in [-0.05, 0) is 133 Å². The van der Waals surface area contributed by atoms with E-state index >= 15 is 0 Å². The van der Waals surface area contributed by atoms with Crippen molar-refractivity contribution in [3.05, 3.63) is 130 Å². The molecule has 2 saturated carbocycles. The van der Waals surface area contributed by atoms with Crippen molar-refractivity contribution in [1.29, 1.82) is 0 Å². The van der Waals surface area contributed by atoms with Crippen molar-refractivity contribution in [3.63, 3.8) is 0 Å². The number of hydrogen-bond acceptors (Lipinski definition) is 2. The van der Waals surface area contributed by atoms with Crippen LogP contribution in [0.5, 0.6) is 0 Å². The second-order valence-electron chi connectivity index (χ2n) is 16.0. The van der Waals surface area contributed by atoms with Crippen LogP contribution >= 0.6 is 0 Å². The fourth-order valence-electron chi connectivity index (χ4n) is 9.13. The molecular weight excluding hydrogens is 641 g/mol. The summed E-state index contributed by atoms with van der Waals surface area (Å²) in [6.07, 6.45) is 22.7. The van der Waals surface area contributed by atoms with E-state index in [1.54, 1.807) is 12.1 Å². The molecule has 0 saturated heterocycles. The number of rotatable bonds is 16. The molecule has 6 rings (SSSR count). The standard InChI is InChI=1S/C48H62O2S/c1-3-5-7-13-37-19-27-41(28-20-37)43-31-23-39(24-32-43)35-45-15-9-11-17-47(45)51(49,50)48-18-12-10-16-46(48)36-40-25-33-44(34-26-40)42-29-21-38(22-30-42)14-8-6-4-2/h9-12,15-18,23-26,31-34,37-38,41-42H,3-8,13-14,19-22,27-30,35-36H2,1-2H3. The molecule has 4 aromatic carbocycles. The molecule has 3 heteroatoms. The third-order valence-electron chi connectivity index (χ3n) is 12.3. The highest BCUT2D eigenvalue weighted by molar-refractivity contribution is 7.91. The van der Waals surface area contributed by atoms with Crippen LogP contribution in [0.15, 0.2) is 107 Å². The minimum atomic E-state index is -3.72. The van der Waals surface area contributed by atoms with Crippen LogP contribution in [0.3, 0.4) is 0 Å². The molecule has 0 spiro atoms. The average molecular weight is 703 g/mol. The third kappa shape index (κ3) is 10.0. The van der Waals surface area contributed by atoms with E-state index in [1.807, 2.05) is 36.4 Å². The summed E-state index contributed by atoms with van der Waals surface area (Å²) in [5, 5.41) is 0. The van der Waals surface area contributed by atoms with Crippen LogP contribution < -0.4 is 0 Å². The van der Waals surface area contributed by atoms with Crippen LogP contribution in [0.4, 0.5) is 0 Å². The molecule has 2 aliphatic rings. The first-order chi connectivity index (χ1) is 24.9. The Labute approximate surface area is 310 Å². The highest BCUT2D eigenvalue weighted by Gasteiger charge is 2.26. The minimum Gasteiger partial charge on any atom is -0.218 e. The molecular formula is C48H62O2S.